The topological polar surface area (TPSA) is 69.6 Å². The molecule has 0 aromatic carbocycles. The van der Waals surface area contributed by atoms with Gasteiger partial charge in [0.2, 0.25) is 0 Å². The molecule has 12 heavy (non-hydrogen) atoms. The number of carbonyl (C=O) groups is 2. The van der Waals surface area contributed by atoms with Crippen molar-refractivity contribution in [1.29, 1.82) is 0 Å². The average Bonchev–Trinajstić information content (AvgIpc) is 2.01. The van der Waals surface area contributed by atoms with E-state index in [1.165, 1.54) is 0 Å². The second-order valence-electron chi connectivity index (χ2n) is 2.26. The van der Waals surface area contributed by atoms with Crippen LogP contribution in [0.2, 0.25) is 0 Å². The van der Waals surface area contributed by atoms with Gasteiger partial charge in [-0.25, -0.2) is 14.5 Å². The van der Waals surface area contributed by atoms with E-state index in [0.717, 1.165) is 11.3 Å². The first kappa shape index (κ1) is 10.7. The lowest BCUT2D eigenvalue weighted by Crippen LogP contribution is -2.43. The normalized spacial score (nSPS) is 9.17. The largest absolute Gasteiger partial charge is 0.465 e. The zero-order chi connectivity index (χ0) is 9.56. The lowest BCUT2D eigenvalue weighted by atomic mass is 10.5. The third-order valence-electron chi connectivity index (χ3n) is 1.32. The molecule has 3 amide bonds. The number of nitrogens with zero attached hydrogens (tertiary/aromatic N) is 1. The van der Waals surface area contributed by atoms with Gasteiger partial charge in [-0.2, -0.15) is 0 Å². The molecule has 0 aromatic rings. The van der Waals surface area contributed by atoms with Gasteiger partial charge in [-0.1, -0.05) is 6.92 Å². The second-order valence-corrected chi connectivity index (χ2v) is 2.26. The fraction of sp³-hybridized carbons (Fsp3) is 0.714. The first-order valence-corrected chi connectivity index (χ1v) is 3.91. The van der Waals surface area contributed by atoms with Gasteiger partial charge in [0.1, 0.15) is 0 Å². The number of carboxylic acid groups (broad SMARTS) is 1. The summed E-state index contributed by atoms with van der Waals surface area (Å²) in [6.45, 7) is 4.18. The minimum Gasteiger partial charge on any atom is -0.465 e. The van der Waals surface area contributed by atoms with Crippen LogP contribution in [0.15, 0.2) is 0 Å². The maximum absolute atomic E-state index is 11.0. The predicted molar refractivity (Wildman–Crippen MR) is 44.1 cm³/mol. The number of amides is 3. The van der Waals surface area contributed by atoms with Crippen LogP contribution in [0.3, 0.4) is 0 Å². The van der Waals surface area contributed by atoms with Crippen molar-refractivity contribution < 1.29 is 14.7 Å². The maximum Gasteiger partial charge on any atom is 0.415 e. The van der Waals surface area contributed by atoms with Crippen LogP contribution in [0, 0.1) is 0 Å². The maximum atomic E-state index is 11.0. The first-order chi connectivity index (χ1) is 5.63. The number of hydrogen-bond acceptors (Lipinski definition) is 2. The molecule has 0 saturated carbocycles. The number of rotatable bonds is 3. The van der Waals surface area contributed by atoms with Crippen LogP contribution >= 0.6 is 0 Å². The Morgan fingerprint density at radius 1 is 1.42 bits per heavy atom. The van der Waals surface area contributed by atoms with Gasteiger partial charge >= 0.3 is 12.1 Å². The number of hydrogen-bond donors (Lipinski definition) is 2. The van der Waals surface area contributed by atoms with Gasteiger partial charge in [0.05, 0.1) is 0 Å². The molecule has 0 atom stereocenters. The Morgan fingerprint density at radius 2 is 2.00 bits per heavy atom. The molecule has 2 N–H and O–H groups in total. The van der Waals surface area contributed by atoms with Crippen LogP contribution < -0.4 is 5.32 Å². The predicted octanol–water partition coefficient (Wildman–Crippen LogP) is 1.11. The molecule has 0 spiro atoms. The standard InChI is InChI=1S/C7H14N2O3/c1-3-5-8-6(10)9(4-2)7(11)12/h3-5H2,1-2H3,(H,8,10)(H,11,12). The lowest BCUT2D eigenvalue weighted by Gasteiger charge is -2.14. The summed E-state index contributed by atoms with van der Waals surface area (Å²) in [4.78, 5) is 22.1. The zero-order valence-corrected chi connectivity index (χ0v) is 7.33. The van der Waals surface area contributed by atoms with Gasteiger partial charge in [-0.3, -0.25) is 0 Å². The molecule has 70 valence electrons. The van der Waals surface area contributed by atoms with E-state index in [1.807, 2.05) is 6.92 Å². The van der Waals surface area contributed by atoms with Crippen LogP contribution in [0.1, 0.15) is 20.3 Å². The van der Waals surface area contributed by atoms with Crippen molar-refractivity contribution in [1.82, 2.24) is 10.2 Å². The molecule has 0 aliphatic carbocycles. The van der Waals surface area contributed by atoms with E-state index in [9.17, 15) is 9.59 Å². The third kappa shape index (κ3) is 3.23. The van der Waals surface area contributed by atoms with Crippen LogP contribution in [-0.2, 0) is 0 Å². The Kier molecular flexibility index (Phi) is 4.83. The molecular formula is C7H14N2O3. The van der Waals surface area contributed by atoms with Crippen molar-refractivity contribution in [3.05, 3.63) is 0 Å². The van der Waals surface area contributed by atoms with Gasteiger partial charge in [0, 0.05) is 13.1 Å². The Labute approximate surface area is 71.4 Å². The molecule has 0 fully saturated rings. The van der Waals surface area contributed by atoms with Crippen LogP contribution in [0.4, 0.5) is 9.59 Å². The van der Waals surface area contributed by atoms with Gasteiger partial charge in [-0.15, -0.1) is 0 Å². The van der Waals surface area contributed by atoms with E-state index >= 15 is 0 Å². The molecular weight excluding hydrogens is 160 g/mol. The van der Waals surface area contributed by atoms with E-state index in [-0.39, 0.29) is 6.54 Å². The molecule has 5 heteroatoms. The fourth-order valence-electron chi connectivity index (χ4n) is 0.693. The van der Waals surface area contributed by atoms with Crippen molar-refractivity contribution in [2.75, 3.05) is 13.1 Å². The SMILES string of the molecule is CCCNC(=O)N(CC)C(=O)O. The summed E-state index contributed by atoms with van der Waals surface area (Å²) >= 11 is 0. The molecule has 0 bridgehead atoms. The molecule has 0 rings (SSSR count). The Balaban J connectivity index is 3.95. The first-order valence-electron chi connectivity index (χ1n) is 3.91. The highest BCUT2D eigenvalue weighted by molar-refractivity contribution is 5.89. The van der Waals surface area contributed by atoms with Gasteiger partial charge in [0.15, 0.2) is 0 Å². The highest BCUT2D eigenvalue weighted by Gasteiger charge is 2.16. The molecule has 0 heterocycles. The quantitative estimate of drug-likeness (QED) is 0.673. The van der Waals surface area contributed by atoms with Crippen molar-refractivity contribution in [2.24, 2.45) is 0 Å². The van der Waals surface area contributed by atoms with Crippen LogP contribution in [0.5, 0.6) is 0 Å². The highest BCUT2D eigenvalue weighted by Crippen LogP contribution is 1.89. The minimum absolute atomic E-state index is 0.172. The van der Waals surface area contributed by atoms with Crippen LogP contribution in [0.25, 0.3) is 0 Å². The number of urea groups is 1. The summed E-state index contributed by atoms with van der Waals surface area (Å²) in [5, 5.41) is 11.0. The molecule has 0 aromatic heterocycles. The third-order valence-corrected chi connectivity index (χ3v) is 1.32. The summed E-state index contributed by atoms with van der Waals surface area (Å²) in [5.74, 6) is 0. The summed E-state index contributed by atoms with van der Waals surface area (Å²) in [6, 6.07) is -0.549. The van der Waals surface area contributed by atoms with Gasteiger partial charge in [0.25, 0.3) is 0 Å². The number of carbonyl (C=O) groups excluding carboxylic acids is 1. The summed E-state index contributed by atoms with van der Waals surface area (Å²) in [6.07, 6.45) is -0.422. The Hall–Kier alpha value is -1.26. The zero-order valence-electron chi connectivity index (χ0n) is 7.33. The van der Waals surface area contributed by atoms with Gasteiger partial charge in [-0.05, 0) is 13.3 Å². The van der Waals surface area contributed by atoms with Gasteiger partial charge < -0.3 is 10.4 Å². The molecule has 0 saturated heterocycles. The average molecular weight is 174 g/mol. The van der Waals surface area contributed by atoms with E-state index in [0.29, 0.717) is 6.54 Å². The Morgan fingerprint density at radius 3 is 2.33 bits per heavy atom. The van der Waals surface area contributed by atoms with Crippen molar-refractivity contribution >= 4 is 12.1 Å². The number of imide groups is 1. The van der Waals surface area contributed by atoms with E-state index in [2.05, 4.69) is 5.32 Å². The van der Waals surface area contributed by atoms with Crippen molar-refractivity contribution in [3.8, 4) is 0 Å². The van der Waals surface area contributed by atoms with E-state index < -0.39 is 12.1 Å². The molecule has 0 radical (unpaired) electrons. The second kappa shape index (κ2) is 5.40. The molecule has 5 nitrogen and oxygen atoms in total. The molecule has 0 aliphatic rings. The number of nitrogens with one attached hydrogen (secondary N) is 1. The lowest BCUT2D eigenvalue weighted by molar-refractivity contribution is 0.150. The highest BCUT2D eigenvalue weighted by atomic mass is 16.4. The summed E-state index contributed by atoms with van der Waals surface area (Å²) in [5.41, 5.74) is 0. The molecule has 0 unspecified atom stereocenters. The van der Waals surface area contributed by atoms with E-state index in [1.54, 1.807) is 6.92 Å². The van der Waals surface area contributed by atoms with Crippen molar-refractivity contribution in [3.63, 3.8) is 0 Å². The summed E-state index contributed by atoms with van der Waals surface area (Å²) < 4.78 is 0. The smallest absolute Gasteiger partial charge is 0.415 e. The van der Waals surface area contributed by atoms with Crippen LogP contribution in [-0.4, -0.2) is 35.2 Å². The minimum atomic E-state index is -1.22. The summed E-state index contributed by atoms with van der Waals surface area (Å²) in [7, 11) is 0. The monoisotopic (exact) mass is 174 g/mol. The molecule has 0 aliphatic heterocycles. The van der Waals surface area contributed by atoms with E-state index in [4.69, 9.17) is 5.11 Å². The Bertz CT molecular complexity index is 170. The fourth-order valence-corrected chi connectivity index (χ4v) is 0.693. The van der Waals surface area contributed by atoms with Crippen molar-refractivity contribution in [2.45, 2.75) is 20.3 Å².